The second kappa shape index (κ2) is 6.26. The van der Waals surface area contributed by atoms with Crippen LogP contribution in [-0.2, 0) is 6.42 Å². The van der Waals surface area contributed by atoms with E-state index in [1.807, 2.05) is 30.3 Å². The van der Waals surface area contributed by atoms with Crippen LogP contribution < -0.4 is 5.32 Å². The van der Waals surface area contributed by atoms with Crippen LogP contribution in [0.1, 0.15) is 5.56 Å². The molecular weight excluding hydrogens is 266 g/mol. The Bertz CT molecular complexity index is 544. The molecule has 0 bridgehead atoms. The van der Waals surface area contributed by atoms with Crippen molar-refractivity contribution in [3.63, 3.8) is 0 Å². The molecule has 2 N–H and O–H groups in total. The summed E-state index contributed by atoms with van der Waals surface area (Å²) in [5.74, 6) is 0. The van der Waals surface area contributed by atoms with Crippen LogP contribution in [0.5, 0.6) is 0 Å². The number of anilines is 1. The van der Waals surface area contributed by atoms with Gasteiger partial charge in [-0.2, -0.15) is 0 Å². The fourth-order valence-corrected chi connectivity index (χ4v) is 2.36. The zero-order valence-corrected chi connectivity index (χ0v) is 10.8. The Morgan fingerprint density at radius 1 is 1.42 bits per heavy atom. The molecule has 1 aromatic heterocycles. The first-order valence-corrected chi connectivity index (χ1v) is 6.52. The number of hydrogen-bond donors (Lipinski definition) is 2. The number of benzene rings is 1. The highest BCUT2D eigenvalue weighted by Crippen LogP contribution is 2.25. The van der Waals surface area contributed by atoms with Crippen LogP contribution in [0.25, 0.3) is 0 Å². The van der Waals surface area contributed by atoms with Crippen molar-refractivity contribution < 1.29 is 10.0 Å². The second-order valence-electron chi connectivity index (χ2n) is 3.97. The largest absolute Gasteiger partial charge is 0.394 e. The lowest BCUT2D eigenvalue weighted by molar-refractivity contribution is -0.380. The van der Waals surface area contributed by atoms with E-state index in [1.165, 1.54) is 6.20 Å². The quantitative estimate of drug-likeness (QED) is 0.624. The molecule has 2 aromatic rings. The van der Waals surface area contributed by atoms with Crippen LogP contribution in [0.2, 0.25) is 0 Å². The number of nitrogens with one attached hydrogen (secondary N) is 1. The minimum atomic E-state index is -0.478. The van der Waals surface area contributed by atoms with Crippen molar-refractivity contribution in [2.24, 2.45) is 0 Å². The van der Waals surface area contributed by atoms with Gasteiger partial charge in [0, 0.05) is 0 Å². The van der Waals surface area contributed by atoms with E-state index in [-0.39, 0.29) is 17.6 Å². The molecule has 1 heterocycles. The zero-order chi connectivity index (χ0) is 13.7. The molecular formula is C12H13N3O3S. The van der Waals surface area contributed by atoms with Gasteiger partial charge < -0.3 is 10.4 Å². The molecule has 0 saturated carbocycles. The van der Waals surface area contributed by atoms with Gasteiger partial charge in [-0.05, 0) is 23.3 Å². The summed E-state index contributed by atoms with van der Waals surface area (Å²) in [7, 11) is 0. The highest BCUT2D eigenvalue weighted by atomic mass is 32.1. The Hall–Kier alpha value is -1.99. The molecule has 0 aliphatic heterocycles. The molecule has 1 aromatic carbocycles. The van der Waals surface area contributed by atoms with E-state index in [4.69, 9.17) is 0 Å². The first-order valence-electron chi connectivity index (χ1n) is 5.70. The molecule has 0 amide bonds. The van der Waals surface area contributed by atoms with Crippen LogP contribution in [0.4, 0.5) is 10.1 Å². The number of thiazole rings is 1. The predicted octanol–water partition coefficient (Wildman–Crippen LogP) is 2.07. The maximum Gasteiger partial charge on any atom is 0.345 e. The van der Waals surface area contributed by atoms with E-state index in [0.717, 1.165) is 16.9 Å². The standard InChI is InChI=1S/C12H13N3O3S/c16-8-10(6-9-4-2-1-3-5-9)14-12-13-7-11(19-12)15(17)18/h1-5,7,10,16H,6,8H2,(H,13,14). The van der Waals surface area contributed by atoms with Crippen LogP contribution >= 0.6 is 11.3 Å². The molecule has 0 saturated heterocycles. The molecule has 19 heavy (non-hydrogen) atoms. The van der Waals surface area contributed by atoms with Crippen molar-refractivity contribution >= 4 is 21.5 Å². The lowest BCUT2D eigenvalue weighted by Crippen LogP contribution is -2.26. The summed E-state index contributed by atoms with van der Waals surface area (Å²) in [6, 6.07) is 9.50. The topological polar surface area (TPSA) is 88.3 Å². The third-order valence-corrected chi connectivity index (χ3v) is 3.43. The number of rotatable bonds is 6. The van der Waals surface area contributed by atoms with Gasteiger partial charge in [0.25, 0.3) is 0 Å². The smallest absolute Gasteiger partial charge is 0.345 e. The number of aliphatic hydroxyl groups excluding tert-OH is 1. The molecule has 0 aliphatic rings. The number of hydrogen-bond acceptors (Lipinski definition) is 6. The summed E-state index contributed by atoms with van der Waals surface area (Å²) in [5.41, 5.74) is 1.08. The summed E-state index contributed by atoms with van der Waals surface area (Å²) in [6.45, 7) is -0.0672. The number of aromatic nitrogens is 1. The van der Waals surface area contributed by atoms with E-state index < -0.39 is 4.92 Å². The van der Waals surface area contributed by atoms with Gasteiger partial charge >= 0.3 is 5.00 Å². The van der Waals surface area contributed by atoms with Gasteiger partial charge in [-0.1, -0.05) is 30.3 Å². The van der Waals surface area contributed by atoms with Gasteiger partial charge in [-0.3, -0.25) is 10.1 Å². The molecule has 0 spiro atoms. The van der Waals surface area contributed by atoms with Crippen molar-refractivity contribution in [1.29, 1.82) is 0 Å². The zero-order valence-electron chi connectivity index (χ0n) is 10.0. The fraction of sp³-hybridized carbons (Fsp3) is 0.250. The van der Waals surface area contributed by atoms with Crippen LogP contribution in [0.15, 0.2) is 36.5 Å². The molecule has 2 rings (SSSR count). The highest BCUT2D eigenvalue weighted by Gasteiger charge is 2.15. The van der Waals surface area contributed by atoms with Crippen molar-refractivity contribution in [3.8, 4) is 0 Å². The molecule has 0 radical (unpaired) electrons. The van der Waals surface area contributed by atoms with E-state index in [9.17, 15) is 15.2 Å². The maximum absolute atomic E-state index is 10.6. The normalized spacial score (nSPS) is 12.1. The molecule has 1 unspecified atom stereocenters. The molecule has 100 valence electrons. The summed E-state index contributed by atoms with van der Waals surface area (Å²) in [6.07, 6.45) is 1.84. The molecule has 0 fully saturated rings. The SMILES string of the molecule is O=[N+]([O-])c1cnc(NC(CO)Cc2ccccc2)s1. The summed E-state index contributed by atoms with van der Waals surface area (Å²) < 4.78 is 0. The minimum Gasteiger partial charge on any atom is -0.394 e. The van der Waals surface area contributed by atoms with E-state index in [1.54, 1.807) is 0 Å². The van der Waals surface area contributed by atoms with Gasteiger partial charge in [0.15, 0.2) is 5.13 Å². The number of nitrogens with zero attached hydrogens (tertiary/aromatic N) is 2. The fourth-order valence-electron chi connectivity index (χ4n) is 1.65. The molecule has 7 heteroatoms. The highest BCUT2D eigenvalue weighted by molar-refractivity contribution is 7.18. The Morgan fingerprint density at radius 3 is 2.74 bits per heavy atom. The number of aliphatic hydroxyl groups is 1. The first-order chi connectivity index (χ1) is 9.19. The lowest BCUT2D eigenvalue weighted by Gasteiger charge is -2.15. The predicted molar refractivity (Wildman–Crippen MR) is 73.4 cm³/mol. The first kappa shape index (κ1) is 13.4. The molecule has 0 aliphatic carbocycles. The number of nitro groups is 1. The van der Waals surface area contributed by atoms with E-state index >= 15 is 0 Å². The van der Waals surface area contributed by atoms with Crippen molar-refractivity contribution in [2.45, 2.75) is 12.5 Å². The Labute approximate surface area is 113 Å². The molecule has 1 atom stereocenters. The second-order valence-corrected chi connectivity index (χ2v) is 4.98. The Kier molecular flexibility index (Phi) is 4.43. The van der Waals surface area contributed by atoms with Gasteiger partial charge in [0.2, 0.25) is 0 Å². The lowest BCUT2D eigenvalue weighted by atomic mass is 10.1. The van der Waals surface area contributed by atoms with Gasteiger partial charge in [-0.25, -0.2) is 4.98 Å². The Morgan fingerprint density at radius 2 is 2.16 bits per heavy atom. The monoisotopic (exact) mass is 279 g/mol. The Balaban J connectivity index is 2.00. The average molecular weight is 279 g/mol. The van der Waals surface area contributed by atoms with Crippen molar-refractivity contribution in [3.05, 3.63) is 52.2 Å². The third-order valence-electron chi connectivity index (χ3n) is 2.55. The minimum absolute atomic E-state index is 0.0149. The molecule has 6 nitrogen and oxygen atoms in total. The summed E-state index contributed by atoms with van der Waals surface area (Å²) in [4.78, 5) is 14.0. The summed E-state index contributed by atoms with van der Waals surface area (Å²) in [5, 5.41) is 23.3. The van der Waals surface area contributed by atoms with Crippen LogP contribution in [0, 0.1) is 10.1 Å². The maximum atomic E-state index is 10.6. The average Bonchev–Trinajstić information content (AvgIpc) is 2.88. The summed E-state index contributed by atoms with van der Waals surface area (Å²) >= 11 is 0.963. The van der Waals surface area contributed by atoms with Gasteiger partial charge in [0.05, 0.1) is 17.6 Å². The van der Waals surface area contributed by atoms with E-state index in [2.05, 4.69) is 10.3 Å². The van der Waals surface area contributed by atoms with Crippen LogP contribution in [-0.4, -0.2) is 27.7 Å². The van der Waals surface area contributed by atoms with Crippen molar-refractivity contribution in [2.75, 3.05) is 11.9 Å². The van der Waals surface area contributed by atoms with Crippen molar-refractivity contribution in [1.82, 2.24) is 4.98 Å². The van der Waals surface area contributed by atoms with Gasteiger partial charge in [0.1, 0.15) is 6.20 Å². The van der Waals surface area contributed by atoms with Gasteiger partial charge in [-0.15, -0.1) is 0 Å². The third kappa shape index (κ3) is 3.73. The van der Waals surface area contributed by atoms with Crippen LogP contribution in [0.3, 0.4) is 0 Å². The van der Waals surface area contributed by atoms with E-state index in [0.29, 0.717) is 11.6 Å².